The lowest BCUT2D eigenvalue weighted by Gasteiger charge is -2.33. The molecule has 3 rings (SSSR count). The molecule has 1 fully saturated rings. The molecule has 0 saturated carbocycles. The van der Waals surface area contributed by atoms with Crippen LogP contribution in [-0.2, 0) is 19.1 Å². The Hall–Kier alpha value is -1.83. The van der Waals surface area contributed by atoms with Crippen molar-refractivity contribution < 1.29 is 19.1 Å². The van der Waals surface area contributed by atoms with Crippen molar-refractivity contribution in [2.75, 3.05) is 20.3 Å². The summed E-state index contributed by atoms with van der Waals surface area (Å²) in [7, 11) is 1.54. The van der Waals surface area contributed by atoms with E-state index in [1.54, 1.807) is 30.0 Å². The molecule has 0 spiro atoms. The van der Waals surface area contributed by atoms with E-state index >= 15 is 0 Å². The summed E-state index contributed by atoms with van der Waals surface area (Å²) in [6.45, 7) is 4.15. The first-order chi connectivity index (χ1) is 13.0. The Bertz CT molecular complexity index is 824. The van der Waals surface area contributed by atoms with Crippen molar-refractivity contribution in [1.29, 1.82) is 0 Å². The molecule has 2 aliphatic rings. The van der Waals surface area contributed by atoms with E-state index in [0.29, 0.717) is 34.5 Å². The number of esters is 1. The molecule has 2 aliphatic heterocycles. The van der Waals surface area contributed by atoms with Crippen LogP contribution in [0.5, 0.6) is 0 Å². The summed E-state index contributed by atoms with van der Waals surface area (Å²) in [4.78, 5) is 31.9. The fourth-order valence-electron chi connectivity index (χ4n) is 3.14. The number of ether oxygens (including phenoxy) is 2. The number of hydrogen-bond acceptors (Lipinski definition) is 6. The molecule has 6 nitrogen and oxygen atoms in total. The van der Waals surface area contributed by atoms with Gasteiger partial charge in [0.2, 0.25) is 5.91 Å². The molecule has 1 amide bonds. The summed E-state index contributed by atoms with van der Waals surface area (Å²) in [5.41, 5.74) is 1.65. The van der Waals surface area contributed by atoms with Crippen LogP contribution in [0.15, 0.2) is 40.5 Å². The number of fused-ring (bicyclic) bond motifs is 1. The van der Waals surface area contributed by atoms with Crippen LogP contribution in [0.4, 0.5) is 0 Å². The highest BCUT2D eigenvalue weighted by Gasteiger charge is 2.47. The van der Waals surface area contributed by atoms with Crippen molar-refractivity contribution in [1.82, 2.24) is 4.90 Å². The van der Waals surface area contributed by atoms with Gasteiger partial charge in [-0.25, -0.2) is 9.79 Å². The first-order valence-electron chi connectivity index (χ1n) is 8.68. The van der Waals surface area contributed by atoms with Gasteiger partial charge in [0.15, 0.2) is 5.17 Å². The summed E-state index contributed by atoms with van der Waals surface area (Å²) in [5, 5.41) is 0.942. The van der Waals surface area contributed by atoms with Crippen molar-refractivity contribution in [3.63, 3.8) is 0 Å². The van der Waals surface area contributed by atoms with Gasteiger partial charge in [0.25, 0.3) is 0 Å². The smallest absolute Gasteiger partial charge is 0.338 e. The third kappa shape index (κ3) is 3.90. The second kappa shape index (κ2) is 8.46. The van der Waals surface area contributed by atoms with Gasteiger partial charge in [-0.15, -0.1) is 0 Å². The number of thioether (sulfide) groups is 1. The minimum atomic E-state index is -0.609. The molecule has 0 aliphatic carbocycles. The maximum absolute atomic E-state index is 13.0. The lowest BCUT2D eigenvalue weighted by Crippen LogP contribution is -2.40. The number of rotatable bonds is 6. The molecule has 27 heavy (non-hydrogen) atoms. The predicted molar refractivity (Wildman–Crippen MR) is 106 cm³/mol. The van der Waals surface area contributed by atoms with Crippen LogP contribution < -0.4 is 0 Å². The Morgan fingerprint density at radius 2 is 2.15 bits per heavy atom. The Morgan fingerprint density at radius 1 is 1.37 bits per heavy atom. The van der Waals surface area contributed by atoms with E-state index in [1.807, 2.05) is 13.0 Å². The third-order valence-electron chi connectivity index (χ3n) is 4.43. The second-order valence-corrected chi connectivity index (χ2v) is 7.81. The molecule has 144 valence electrons. The topological polar surface area (TPSA) is 68.2 Å². The first kappa shape index (κ1) is 19.9. The van der Waals surface area contributed by atoms with E-state index in [4.69, 9.17) is 21.1 Å². The van der Waals surface area contributed by atoms with Gasteiger partial charge in [-0.05, 0) is 31.0 Å². The molecule has 0 bridgehead atoms. The normalized spacial score (nSPS) is 22.0. The van der Waals surface area contributed by atoms with Gasteiger partial charge in [0.1, 0.15) is 6.61 Å². The van der Waals surface area contributed by atoms with Gasteiger partial charge in [-0.2, -0.15) is 0 Å². The zero-order valence-electron chi connectivity index (χ0n) is 15.4. The van der Waals surface area contributed by atoms with Gasteiger partial charge in [-0.3, -0.25) is 9.69 Å². The number of amides is 1. The SMILES string of the molecule is CC[C@H]1SC2=NC(C)=C(C(=O)OCCOC)[C@H](c3cccc(Cl)c3)N2C1=O. The maximum Gasteiger partial charge on any atom is 0.338 e. The van der Waals surface area contributed by atoms with Crippen LogP contribution in [0, 0.1) is 0 Å². The molecule has 8 heteroatoms. The largest absolute Gasteiger partial charge is 0.460 e. The number of amidine groups is 1. The highest BCUT2D eigenvalue weighted by molar-refractivity contribution is 8.15. The Morgan fingerprint density at radius 3 is 2.81 bits per heavy atom. The van der Waals surface area contributed by atoms with Gasteiger partial charge in [0, 0.05) is 12.1 Å². The summed E-state index contributed by atoms with van der Waals surface area (Å²) >= 11 is 7.61. The predicted octanol–water partition coefficient (Wildman–Crippen LogP) is 3.57. The Balaban J connectivity index is 2.05. The number of allylic oxidation sites excluding steroid dienone is 1. The van der Waals surface area contributed by atoms with E-state index in [9.17, 15) is 9.59 Å². The van der Waals surface area contributed by atoms with E-state index in [-0.39, 0.29) is 17.8 Å². The minimum Gasteiger partial charge on any atom is -0.460 e. The molecule has 1 aromatic carbocycles. The van der Waals surface area contributed by atoms with E-state index in [0.717, 1.165) is 5.56 Å². The molecular weight excluding hydrogens is 388 g/mol. The molecule has 2 atom stereocenters. The molecular formula is C19H21ClN2O4S. The molecule has 1 saturated heterocycles. The Labute approximate surface area is 167 Å². The highest BCUT2D eigenvalue weighted by Crippen LogP contribution is 2.44. The van der Waals surface area contributed by atoms with Crippen molar-refractivity contribution in [2.24, 2.45) is 4.99 Å². The molecule has 2 heterocycles. The third-order valence-corrected chi connectivity index (χ3v) is 5.98. The first-order valence-corrected chi connectivity index (χ1v) is 9.94. The molecule has 0 unspecified atom stereocenters. The fraction of sp³-hybridized carbons (Fsp3) is 0.421. The number of carbonyl (C=O) groups is 2. The number of aliphatic imine (C=N–C) groups is 1. The van der Waals surface area contributed by atoms with Crippen LogP contribution in [0.25, 0.3) is 0 Å². The summed E-state index contributed by atoms with van der Waals surface area (Å²) < 4.78 is 10.3. The van der Waals surface area contributed by atoms with E-state index in [2.05, 4.69) is 4.99 Å². The number of halogens is 1. The number of hydrogen-bond donors (Lipinski definition) is 0. The van der Waals surface area contributed by atoms with Crippen molar-refractivity contribution in [3.8, 4) is 0 Å². The average molecular weight is 409 g/mol. The lowest BCUT2D eigenvalue weighted by atomic mass is 9.94. The standard InChI is InChI=1S/C19H21ClN2O4S/c1-4-14-17(23)22-16(12-6-5-7-13(20)10-12)15(11(2)21-19(22)27-14)18(24)26-9-8-25-3/h5-7,10,14,16H,4,8-9H2,1-3H3/t14-,16+/m1/s1. The minimum absolute atomic E-state index is 0.0547. The lowest BCUT2D eigenvalue weighted by molar-refractivity contribution is -0.141. The van der Waals surface area contributed by atoms with Gasteiger partial charge in [0.05, 0.1) is 29.2 Å². The zero-order valence-corrected chi connectivity index (χ0v) is 17.0. The maximum atomic E-state index is 13.0. The second-order valence-electron chi connectivity index (χ2n) is 6.20. The van der Waals surface area contributed by atoms with Crippen LogP contribution in [0.2, 0.25) is 5.02 Å². The summed E-state index contributed by atoms with van der Waals surface area (Å²) in [5.74, 6) is -0.559. The summed E-state index contributed by atoms with van der Waals surface area (Å²) in [6.07, 6.45) is 0.688. The van der Waals surface area contributed by atoms with Gasteiger partial charge < -0.3 is 9.47 Å². The fourth-order valence-corrected chi connectivity index (χ4v) is 4.47. The van der Waals surface area contributed by atoms with Crippen LogP contribution in [-0.4, -0.2) is 47.5 Å². The van der Waals surface area contributed by atoms with Gasteiger partial charge >= 0.3 is 5.97 Å². The number of methoxy groups -OCH3 is 1. The van der Waals surface area contributed by atoms with Crippen molar-refractivity contribution in [3.05, 3.63) is 46.1 Å². The van der Waals surface area contributed by atoms with Crippen molar-refractivity contribution in [2.45, 2.75) is 31.6 Å². The number of benzene rings is 1. The van der Waals surface area contributed by atoms with Crippen LogP contribution >= 0.6 is 23.4 Å². The molecule has 1 aromatic rings. The molecule has 0 radical (unpaired) electrons. The van der Waals surface area contributed by atoms with Crippen molar-refractivity contribution >= 4 is 40.4 Å². The van der Waals surface area contributed by atoms with Crippen LogP contribution in [0.3, 0.4) is 0 Å². The Kier molecular flexibility index (Phi) is 6.24. The van der Waals surface area contributed by atoms with Crippen LogP contribution in [0.1, 0.15) is 31.9 Å². The average Bonchev–Trinajstić information content (AvgIpc) is 2.96. The van der Waals surface area contributed by atoms with E-state index < -0.39 is 12.0 Å². The monoisotopic (exact) mass is 408 g/mol. The summed E-state index contributed by atoms with van der Waals surface area (Å²) in [6, 6.07) is 6.57. The van der Waals surface area contributed by atoms with Gasteiger partial charge in [-0.1, -0.05) is 42.4 Å². The highest BCUT2D eigenvalue weighted by atomic mass is 35.5. The number of carbonyl (C=O) groups excluding carboxylic acids is 2. The quantitative estimate of drug-likeness (QED) is 0.531. The molecule has 0 N–H and O–H groups in total. The molecule has 0 aromatic heterocycles. The zero-order chi connectivity index (χ0) is 19.6. The van der Waals surface area contributed by atoms with E-state index in [1.165, 1.54) is 18.9 Å². The number of nitrogens with zero attached hydrogens (tertiary/aromatic N) is 2.